The Balaban J connectivity index is 2.47. The third-order valence-electron chi connectivity index (χ3n) is 4.85. The van der Waals surface area contributed by atoms with E-state index in [-0.39, 0.29) is 51.6 Å². The molecule has 0 bridgehead atoms. The lowest BCUT2D eigenvalue weighted by Crippen LogP contribution is -2.37. The largest absolute Gasteiger partial charge is 0.394 e. The van der Waals surface area contributed by atoms with Crippen molar-refractivity contribution in [3.63, 3.8) is 0 Å². The molecule has 30 heavy (non-hydrogen) atoms. The number of aromatic nitrogens is 9. The van der Waals surface area contributed by atoms with Crippen molar-refractivity contribution < 1.29 is 0 Å². The lowest BCUT2D eigenvalue weighted by Gasteiger charge is -2.33. The summed E-state index contributed by atoms with van der Waals surface area (Å²) in [5.41, 5.74) is 35.8. The number of unbranched alkanes of at least 4 members (excludes halogenated alkanes) is 2. The molecule has 3 aromatic heterocycles. The molecule has 3 heterocycles. The zero-order valence-electron chi connectivity index (χ0n) is 16.3. The molecular formula is C15H23N15. The van der Waals surface area contributed by atoms with Crippen LogP contribution in [0.25, 0.3) is 0 Å². The van der Waals surface area contributed by atoms with E-state index in [1.54, 1.807) is 0 Å². The predicted octanol–water partition coefficient (Wildman–Crippen LogP) is -1.35. The van der Waals surface area contributed by atoms with Gasteiger partial charge in [-0.2, -0.15) is 0 Å². The zero-order valence-corrected chi connectivity index (χ0v) is 16.3. The van der Waals surface area contributed by atoms with Gasteiger partial charge in [0.15, 0.2) is 17.5 Å². The minimum absolute atomic E-state index is 0.0398. The highest BCUT2D eigenvalue weighted by Crippen LogP contribution is 2.48. The molecule has 0 aliphatic rings. The topological polar surface area (TPSA) is 272 Å². The summed E-state index contributed by atoms with van der Waals surface area (Å²) >= 11 is 0. The number of hydrogen-bond donors (Lipinski definition) is 6. The maximum absolute atomic E-state index is 6.26. The van der Waals surface area contributed by atoms with Crippen molar-refractivity contribution in [1.29, 1.82) is 0 Å². The van der Waals surface area contributed by atoms with Gasteiger partial charge in [0.2, 0.25) is 0 Å². The van der Waals surface area contributed by atoms with Crippen molar-refractivity contribution in [1.82, 2.24) is 46.2 Å². The van der Waals surface area contributed by atoms with E-state index in [4.69, 9.17) is 34.4 Å². The van der Waals surface area contributed by atoms with E-state index in [0.29, 0.717) is 12.8 Å². The SMILES string of the molecule is CCCCCC(c1nnnc(N)c1N)(c1nnnc(N)c1N)c1nnnc(N)c1N. The number of nitrogens with zero attached hydrogens (tertiary/aromatic N) is 9. The number of rotatable bonds is 7. The fourth-order valence-electron chi connectivity index (χ4n) is 3.31. The summed E-state index contributed by atoms with van der Waals surface area (Å²) in [5, 5.41) is 34.7. The highest BCUT2D eigenvalue weighted by molar-refractivity contribution is 5.74. The fourth-order valence-corrected chi connectivity index (χ4v) is 3.31. The second-order valence-electron chi connectivity index (χ2n) is 6.67. The molecular weight excluding hydrogens is 390 g/mol. The summed E-state index contributed by atoms with van der Waals surface area (Å²) in [4.78, 5) is 0. The van der Waals surface area contributed by atoms with Crippen LogP contribution in [0.4, 0.5) is 34.5 Å². The molecule has 15 heteroatoms. The minimum atomic E-state index is -1.38. The molecule has 0 amide bonds. The Bertz CT molecular complexity index is 927. The molecule has 0 aliphatic carbocycles. The highest BCUT2D eigenvalue weighted by Gasteiger charge is 2.47. The van der Waals surface area contributed by atoms with Crippen LogP contribution in [-0.4, -0.2) is 46.2 Å². The first-order chi connectivity index (χ1) is 14.3. The van der Waals surface area contributed by atoms with Crippen LogP contribution in [0.15, 0.2) is 0 Å². The molecule has 3 aromatic rings. The van der Waals surface area contributed by atoms with Gasteiger partial charge in [-0.05, 0) is 22.1 Å². The molecule has 0 spiro atoms. The van der Waals surface area contributed by atoms with E-state index in [1.807, 2.05) is 0 Å². The van der Waals surface area contributed by atoms with Crippen molar-refractivity contribution in [3.8, 4) is 0 Å². The maximum atomic E-state index is 6.26. The van der Waals surface area contributed by atoms with Crippen LogP contribution in [0, 0.1) is 0 Å². The maximum Gasteiger partial charge on any atom is 0.173 e. The Morgan fingerprint density at radius 1 is 0.567 bits per heavy atom. The van der Waals surface area contributed by atoms with Crippen LogP contribution in [0.1, 0.15) is 49.7 Å². The van der Waals surface area contributed by atoms with Gasteiger partial charge in [-0.25, -0.2) is 0 Å². The van der Waals surface area contributed by atoms with Gasteiger partial charge in [0.1, 0.15) is 39.6 Å². The second-order valence-corrected chi connectivity index (χ2v) is 6.67. The molecule has 0 saturated carbocycles. The van der Waals surface area contributed by atoms with Crippen molar-refractivity contribution in [2.45, 2.75) is 38.0 Å². The average Bonchev–Trinajstić information content (AvgIpc) is 2.73. The Labute approximate surface area is 171 Å². The second kappa shape index (κ2) is 8.06. The number of nitrogen functional groups attached to an aromatic ring is 6. The van der Waals surface area contributed by atoms with Gasteiger partial charge >= 0.3 is 0 Å². The molecule has 3 rings (SSSR count). The fraction of sp³-hybridized carbons (Fsp3) is 0.400. The first-order valence-electron chi connectivity index (χ1n) is 9.08. The van der Waals surface area contributed by atoms with E-state index < -0.39 is 5.41 Å². The first-order valence-corrected chi connectivity index (χ1v) is 9.08. The molecule has 0 fully saturated rings. The van der Waals surface area contributed by atoms with Crippen LogP contribution >= 0.6 is 0 Å². The summed E-state index contributed by atoms with van der Waals surface area (Å²) < 4.78 is 0. The number of nitrogens with two attached hydrogens (primary N) is 6. The number of hydrogen-bond acceptors (Lipinski definition) is 15. The van der Waals surface area contributed by atoms with Crippen LogP contribution in [0.3, 0.4) is 0 Å². The van der Waals surface area contributed by atoms with Gasteiger partial charge in [-0.1, -0.05) is 26.2 Å². The molecule has 0 radical (unpaired) electrons. The molecule has 15 nitrogen and oxygen atoms in total. The zero-order chi connectivity index (χ0) is 21.9. The van der Waals surface area contributed by atoms with Crippen molar-refractivity contribution in [3.05, 3.63) is 17.1 Å². The predicted molar refractivity (Wildman–Crippen MR) is 110 cm³/mol. The van der Waals surface area contributed by atoms with Crippen molar-refractivity contribution >= 4 is 34.5 Å². The van der Waals surface area contributed by atoms with Gasteiger partial charge in [0.05, 0.1) is 0 Å². The van der Waals surface area contributed by atoms with Crippen molar-refractivity contribution in [2.75, 3.05) is 34.4 Å². The Morgan fingerprint density at radius 2 is 0.933 bits per heavy atom. The van der Waals surface area contributed by atoms with Gasteiger partial charge in [-0.3, -0.25) is 0 Å². The molecule has 12 N–H and O–H groups in total. The summed E-state index contributed by atoms with van der Waals surface area (Å²) in [7, 11) is 0. The van der Waals surface area contributed by atoms with Crippen molar-refractivity contribution in [2.24, 2.45) is 0 Å². The van der Waals surface area contributed by atoms with E-state index in [0.717, 1.165) is 12.8 Å². The molecule has 0 unspecified atom stereocenters. The van der Waals surface area contributed by atoms with E-state index in [1.165, 1.54) is 0 Å². The smallest absolute Gasteiger partial charge is 0.173 e. The third kappa shape index (κ3) is 3.25. The van der Waals surface area contributed by atoms with Crippen LogP contribution in [-0.2, 0) is 5.41 Å². The quantitative estimate of drug-likeness (QED) is 0.244. The van der Waals surface area contributed by atoms with Crippen LogP contribution in [0.2, 0.25) is 0 Å². The van der Waals surface area contributed by atoms with E-state index in [2.05, 4.69) is 53.2 Å². The normalized spacial score (nSPS) is 11.5. The lowest BCUT2D eigenvalue weighted by atomic mass is 9.71. The summed E-state index contributed by atoms with van der Waals surface area (Å²) in [5.74, 6) is -0.119. The molecule has 0 aliphatic heterocycles. The minimum Gasteiger partial charge on any atom is -0.394 e. The van der Waals surface area contributed by atoms with E-state index >= 15 is 0 Å². The Morgan fingerprint density at radius 3 is 1.27 bits per heavy atom. The van der Waals surface area contributed by atoms with Crippen LogP contribution < -0.4 is 34.4 Å². The molecule has 0 atom stereocenters. The summed E-state index contributed by atoms with van der Waals surface area (Å²) in [6.45, 7) is 2.05. The molecule has 0 saturated heterocycles. The summed E-state index contributed by atoms with van der Waals surface area (Å²) in [6.07, 6.45) is 2.80. The van der Waals surface area contributed by atoms with Gasteiger partial charge in [0, 0.05) is 0 Å². The third-order valence-corrected chi connectivity index (χ3v) is 4.85. The van der Waals surface area contributed by atoms with E-state index in [9.17, 15) is 0 Å². The Hall–Kier alpha value is -4.17. The standard InChI is InChI=1S/C15H23N15/c1-2-3-4-5-15(9-6(16)12(19)25-28-22-9,10-7(17)13(20)26-29-23-10)11-8(18)14(21)27-30-24-11/h2-5H2,1H3,(H2,16,28)(H2,17,29)(H2,18,30)(H2,19,22,25)(H2,20,23,26)(H2,21,24,27). The lowest BCUT2D eigenvalue weighted by molar-refractivity contribution is 0.464. The van der Waals surface area contributed by atoms with Gasteiger partial charge in [0.25, 0.3) is 0 Å². The summed E-state index contributed by atoms with van der Waals surface area (Å²) in [6, 6.07) is 0. The highest BCUT2D eigenvalue weighted by atomic mass is 15.4. The average molecular weight is 413 g/mol. The van der Waals surface area contributed by atoms with Crippen LogP contribution in [0.5, 0.6) is 0 Å². The molecule has 158 valence electrons. The van der Waals surface area contributed by atoms with Gasteiger partial charge < -0.3 is 34.4 Å². The monoisotopic (exact) mass is 413 g/mol. The Kier molecular flexibility index (Phi) is 5.52. The van der Waals surface area contributed by atoms with Gasteiger partial charge in [-0.15, -0.1) is 30.6 Å². The first kappa shape index (κ1) is 20.6. The number of anilines is 6. The molecule has 0 aromatic carbocycles.